The average Bonchev–Trinajstić information content (AvgIpc) is 2.44. The van der Waals surface area contributed by atoms with Crippen LogP contribution in [0.4, 0.5) is 0 Å². The summed E-state index contributed by atoms with van der Waals surface area (Å²) in [5.74, 6) is -0.874. The van der Waals surface area contributed by atoms with Crippen LogP contribution in [0.15, 0.2) is 0 Å². The van der Waals surface area contributed by atoms with E-state index in [1.165, 1.54) is 19.3 Å². The van der Waals surface area contributed by atoms with Gasteiger partial charge in [-0.25, -0.2) is 0 Å². The Labute approximate surface area is 121 Å². The van der Waals surface area contributed by atoms with Crippen LogP contribution in [0.3, 0.4) is 0 Å². The van der Waals surface area contributed by atoms with Crippen LogP contribution >= 0.6 is 0 Å². The highest BCUT2D eigenvalue weighted by atomic mass is 16.4. The van der Waals surface area contributed by atoms with Crippen molar-refractivity contribution in [2.45, 2.75) is 64.5 Å². The highest BCUT2D eigenvalue weighted by molar-refractivity contribution is 5.81. The van der Waals surface area contributed by atoms with E-state index in [0.717, 1.165) is 12.8 Å². The van der Waals surface area contributed by atoms with Gasteiger partial charge in [-0.1, -0.05) is 26.2 Å². The van der Waals surface area contributed by atoms with E-state index in [1.54, 1.807) is 18.7 Å². The van der Waals surface area contributed by atoms with Crippen LogP contribution in [-0.4, -0.2) is 58.5 Å². The van der Waals surface area contributed by atoms with E-state index in [4.69, 9.17) is 0 Å². The Bertz CT molecular complexity index is 349. The third-order valence-corrected chi connectivity index (χ3v) is 4.54. The lowest BCUT2D eigenvalue weighted by Gasteiger charge is -2.37. The van der Waals surface area contributed by atoms with Crippen molar-refractivity contribution in [1.29, 1.82) is 0 Å². The van der Waals surface area contributed by atoms with Gasteiger partial charge in [0.05, 0.1) is 6.54 Å². The van der Waals surface area contributed by atoms with Gasteiger partial charge in [0.2, 0.25) is 5.91 Å². The Hall–Kier alpha value is -1.10. The van der Waals surface area contributed by atoms with Gasteiger partial charge in [0.25, 0.3) is 0 Å². The van der Waals surface area contributed by atoms with Crippen LogP contribution in [0.1, 0.15) is 52.9 Å². The van der Waals surface area contributed by atoms with E-state index >= 15 is 0 Å². The van der Waals surface area contributed by atoms with Gasteiger partial charge in [-0.2, -0.15) is 0 Å². The Kier molecular flexibility index (Phi) is 5.99. The quantitative estimate of drug-likeness (QED) is 0.810. The van der Waals surface area contributed by atoms with Crippen LogP contribution in [0, 0.1) is 0 Å². The van der Waals surface area contributed by atoms with Crippen LogP contribution in [0.5, 0.6) is 0 Å². The van der Waals surface area contributed by atoms with Crippen molar-refractivity contribution in [2.75, 3.05) is 20.1 Å². The summed E-state index contributed by atoms with van der Waals surface area (Å²) >= 11 is 0. The number of hydrogen-bond acceptors (Lipinski definition) is 3. The zero-order valence-electron chi connectivity index (χ0n) is 13.2. The summed E-state index contributed by atoms with van der Waals surface area (Å²) in [6.07, 6.45) is 5.75. The Morgan fingerprint density at radius 3 is 2.20 bits per heavy atom. The number of carbonyl (C=O) groups excluding carboxylic acids is 1. The van der Waals surface area contributed by atoms with Crippen molar-refractivity contribution >= 4 is 11.9 Å². The van der Waals surface area contributed by atoms with Gasteiger partial charge in [0.1, 0.15) is 5.54 Å². The normalized spacial score (nSPS) is 17.2. The maximum absolute atomic E-state index is 12.4. The maximum Gasteiger partial charge on any atom is 0.323 e. The van der Waals surface area contributed by atoms with Gasteiger partial charge in [-0.05, 0) is 33.2 Å². The molecule has 0 heterocycles. The molecule has 0 aliphatic heterocycles. The van der Waals surface area contributed by atoms with Crippen LogP contribution in [0.25, 0.3) is 0 Å². The predicted molar refractivity (Wildman–Crippen MR) is 78.6 cm³/mol. The fourth-order valence-corrected chi connectivity index (χ4v) is 2.79. The molecule has 1 N–H and O–H groups in total. The first kappa shape index (κ1) is 17.0. The van der Waals surface area contributed by atoms with Crippen molar-refractivity contribution in [3.8, 4) is 0 Å². The second-order valence-electron chi connectivity index (χ2n) is 6.17. The second kappa shape index (κ2) is 7.07. The van der Waals surface area contributed by atoms with E-state index in [1.807, 2.05) is 18.9 Å². The molecular weight excluding hydrogens is 256 g/mol. The van der Waals surface area contributed by atoms with E-state index in [-0.39, 0.29) is 12.5 Å². The molecule has 0 aromatic heterocycles. The van der Waals surface area contributed by atoms with Crippen molar-refractivity contribution in [3.05, 3.63) is 0 Å². The lowest BCUT2D eigenvalue weighted by atomic mass is 9.94. The number of amides is 1. The molecule has 1 fully saturated rings. The number of carboxylic acids is 1. The second-order valence-corrected chi connectivity index (χ2v) is 6.17. The van der Waals surface area contributed by atoms with Crippen LogP contribution < -0.4 is 0 Å². The smallest absolute Gasteiger partial charge is 0.323 e. The number of nitrogens with zero attached hydrogens (tertiary/aromatic N) is 2. The average molecular weight is 284 g/mol. The van der Waals surface area contributed by atoms with E-state index < -0.39 is 11.5 Å². The summed E-state index contributed by atoms with van der Waals surface area (Å²) in [6.45, 7) is 5.89. The minimum atomic E-state index is -1.02. The molecule has 0 saturated heterocycles. The molecule has 0 radical (unpaired) electrons. The zero-order chi connectivity index (χ0) is 15.3. The third-order valence-electron chi connectivity index (χ3n) is 4.54. The van der Waals surface area contributed by atoms with Crippen LogP contribution in [-0.2, 0) is 9.59 Å². The Balaban J connectivity index is 2.64. The number of rotatable bonds is 6. The topological polar surface area (TPSA) is 60.9 Å². The molecular formula is C15H28N2O3. The van der Waals surface area contributed by atoms with Crippen molar-refractivity contribution in [2.24, 2.45) is 0 Å². The molecule has 1 saturated carbocycles. The molecule has 5 nitrogen and oxygen atoms in total. The molecule has 1 amide bonds. The van der Waals surface area contributed by atoms with Gasteiger partial charge in [0.15, 0.2) is 0 Å². The predicted octanol–water partition coefficient (Wildman–Crippen LogP) is 1.96. The molecule has 0 atom stereocenters. The van der Waals surface area contributed by atoms with Crippen molar-refractivity contribution < 1.29 is 14.7 Å². The first-order chi connectivity index (χ1) is 9.30. The zero-order valence-corrected chi connectivity index (χ0v) is 13.2. The van der Waals surface area contributed by atoms with E-state index in [2.05, 4.69) is 0 Å². The molecule has 116 valence electrons. The maximum atomic E-state index is 12.4. The molecule has 0 spiro atoms. The standard InChI is InChI=1S/C15H28N2O3/c1-5-17(15(2,3)14(19)20)11-13(18)16(4)12-9-7-6-8-10-12/h12H,5-11H2,1-4H3,(H,19,20). The number of carbonyl (C=O) groups is 2. The minimum absolute atomic E-state index is 0.0214. The molecule has 20 heavy (non-hydrogen) atoms. The molecule has 1 aliphatic carbocycles. The number of hydrogen-bond donors (Lipinski definition) is 1. The van der Waals surface area contributed by atoms with Crippen molar-refractivity contribution in [3.63, 3.8) is 0 Å². The highest BCUT2D eigenvalue weighted by Crippen LogP contribution is 2.22. The fourth-order valence-electron chi connectivity index (χ4n) is 2.79. The SMILES string of the molecule is CCN(CC(=O)N(C)C1CCCCC1)C(C)(C)C(=O)O. The molecule has 0 aromatic rings. The molecule has 1 aliphatic rings. The first-order valence-corrected chi connectivity index (χ1v) is 7.54. The van der Waals surface area contributed by atoms with Gasteiger partial charge in [-0.15, -0.1) is 0 Å². The van der Waals surface area contributed by atoms with E-state index in [9.17, 15) is 14.7 Å². The molecule has 0 bridgehead atoms. The summed E-state index contributed by atoms with van der Waals surface area (Å²) < 4.78 is 0. The van der Waals surface area contributed by atoms with Gasteiger partial charge < -0.3 is 10.0 Å². The lowest BCUT2D eigenvalue weighted by Crippen LogP contribution is -2.54. The summed E-state index contributed by atoms with van der Waals surface area (Å²) in [5, 5.41) is 9.28. The summed E-state index contributed by atoms with van der Waals surface area (Å²) in [5.41, 5.74) is -1.02. The minimum Gasteiger partial charge on any atom is -0.480 e. The molecule has 1 rings (SSSR count). The van der Waals surface area contributed by atoms with Gasteiger partial charge in [-0.3, -0.25) is 14.5 Å². The van der Waals surface area contributed by atoms with E-state index in [0.29, 0.717) is 12.6 Å². The number of likely N-dealkylation sites (N-methyl/N-ethyl adjacent to an activating group) is 2. The summed E-state index contributed by atoms with van der Waals surface area (Å²) in [4.78, 5) is 27.2. The number of carboxylic acid groups (broad SMARTS) is 1. The van der Waals surface area contributed by atoms with Gasteiger partial charge >= 0.3 is 5.97 Å². The van der Waals surface area contributed by atoms with Crippen molar-refractivity contribution in [1.82, 2.24) is 9.80 Å². The van der Waals surface area contributed by atoms with Crippen LogP contribution in [0.2, 0.25) is 0 Å². The highest BCUT2D eigenvalue weighted by Gasteiger charge is 2.35. The summed E-state index contributed by atoms with van der Waals surface area (Å²) in [6, 6.07) is 0.322. The third kappa shape index (κ3) is 3.95. The first-order valence-electron chi connectivity index (χ1n) is 7.54. The largest absolute Gasteiger partial charge is 0.480 e. The van der Waals surface area contributed by atoms with Gasteiger partial charge in [0, 0.05) is 13.1 Å². The lowest BCUT2D eigenvalue weighted by molar-refractivity contribution is -0.151. The molecule has 0 aromatic carbocycles. The fraction of sp³-hybridized carbons (Fsp3) is 0.867. The molecule has 5 heteroatoms. The molecule has 0 unspecified atom stereocenters. The Morgan fingerprint density at radius 2 is 1.75 bits per heavy atom. The Morgan fingerprint density at radius 1 is 1.20 bits per heavy atom. The summed E-state index contributed by atoms with van der Waals surface area (Å²) in [7, 11) is 1.85. The number of aliphatic carboxylic acids is 1. The monoisotopic (exact) mass is 284 g/mol.